The standard InChI is InChI=1S/C27H29NO5/c1-5-33-27(30)24-16(2)28-21-13-18(17-9-7-6-8-10-17)14-22(29)26(21)25(24)20-15-19(31-3)11-12-23(20)32-4/h6-12,15,18,24-25H,5,13-14H2,1-4H3/t18-,24?,25-/m1/s1. The van der Waals surface area contributed by atoms with Crippen molar-refractivity contribution in [3.63, 3.8) is 0 Å². The van der Waals surface area contributed by atoms with Crippen molar-refractivity contribution in [2.45, 2.75) is 38.5 Å². The van der Waals surface area contributed by atoms with Crippen molar-refractivity contribution in [2.75, 3.05) is 20.8 Å². The first-order valence-electron chi connectivity index (χ1n) is 11.2. The van der Waals surface area contributed by atoms with E-state index in [4.69, 9.17) is 19.2 Å². The SMILES string of the molecule is CCOC(=O)C1C(C)=NC2=C(C(=O)C[C@H](c3ccccc3)C2)[C@@H]1c1cc(OC)ccc1OC. The van der Waals surface area contributed by atoms with Crippen LogP contribution in [-0.4, -0.2) is 38.3 Å². The van der Waals surface area contributed by atoms with Crippen molar-refractivity contribution in [3.05, 3.63) is 70.9 Å². The lowest BCUT2D eigenvalue weighted by molar-refractivity contribution is -0.146. The number of ketones is 1. The predicted octanol–water partition coefficient (Wildman–Crippen LogP) is 4.84. The van der Waals surface area contributed by atoms with E-state index in [2.05, 4.69) is 0 Å². The maximum absolute atomic E-state index is 13.6. The molecule has 6 heteroatoms. The lowest BCUT2D eigenvalue weighted by Gasteiger charge is -2.37. The minimum absolute atomic E-state index is 0.00512. The summed E-state index contributed by atoms with van der Waals surface area (Å²) >= 11 is 0. The highest BCUT2D eigenvalue weighted by Gasteiger charge is 2.45. The van der Waals surface area contributed by atoms with Gasteiger partial charge in [0, 0.05) is 34.9 Å². The second-order valence-electron chi connectivity index (χ2n) is 8.37. The van der Waals surface area contributed by atoms with Crippen LogP contribution in [0, 0.1) is 5.92 Å². The number of hydrogen-bond acceptors (Lipinski definition) is 6. The fraction of sp³-hybridized carbons (Fsp3) is 0.370. The van der Waals surface area contributed by atoms with Crippen LogP contribution in [0.25, 0.3) is 0 Å². The van der Waals surface area contributed by atoms with Crippen molar-refractivity contribution in [1.29, 1.82) is 0 Å². The molecule has 1 heterocycles. The van der Waals surface area contributed by atoms with Crippen LogP contribution in [0.4, 0.5) is 0 Å². The summed E-state index contributed by atoms with van der Waals surface area (Å²) in [6.07, 6.45) is 1.01. The quantitative estimate of drug-likeness (QED) is 0.593. The largest absolute Gasteiger partial charge is 0.497 e. The molecule has 1 aliphatic carbocycles. The highest BCUT2D eigenvalue weighted by Crippen LogP contribution is 2.49. The molecule has 3 atom stereocenters. The zero-order valence-corrected chi connectivity index (χ0v) is 19.5. The van der Waals surface area contributed by atoms with E-state index in [1.54, 1.807) is 33.3 Å². The monoisotopic (exact) mass is 447 g/mol. The van der Waals surface area contributed by atoms with Gasteiger partial charge >= 0.3 is 5.97 Å². The zero-order chi connectivity index (χ0) is 23.5. The smallest absolute Gasteiger partial charge is 0.315 e. The van der Waals surface area contributed by atoms with Crippen molar-refractivity contribution >= 4 is 17.5 Å². The van der Waals surface area contributed by atoms with Gasteiger partial charge in [0.15, 0.2) is 5.78 Å². The van der Waals surface area contributed by atoms with E-state index in [9.17, 15) is 9.59 Å². The average Bonchev–Trinajstić information content (AvgIpc) is 2.83. The van der Waals surface area contributed by atoms with Gasteiger partial charge in [-0.25, -0.2) is 0 Å². The summed E-state index contributed by atoms with van der Waals surface area (Å²) in [6, 6.07) is 15.5. The van der Waals surface area contributed by atoms with Gasteiger partial charge in [0.25, 0.3) is 0 Å². The Hall–Kier alpha value is -3.41. The van der Waals surface area contributed by atoms with Crippen LogP contribution in [-0.2, 0) is 14.3 Å². The Bertz CT molecular complexity index is 1120. The topological polar surface area (TPSA) is 74.2 Å². The minimum atomic E-state index is -0.707. The first-order valence-corrected chi connectivity index (χ1v) is 11.2. The molecule has 33 heavy (non-hydrogen) atoms. The van der Waals surface area contributed by atoms with E-state index in [-0.39, 0.29) is 18.3 Å². The third-order valence-corrected chi connectivity index (χ3v) is 6.47. The number of esters is 1. The Kier molecular flexibility index (Phi) is 6.63. The van der Waals surface area contributed by atoms with E-state index in [1.165, 1.54) is 0 Å². The molecule has 0 spiro atoms. The van der Waals surface area contributed by atoms with E-state index >= 15 is 0 Å². The number of rotatable bonds is 6. The molecule has 4 rings (SSSR count). The molecule has 0 aromatic heterocycles. The number of nitrogens with zero attached hydrogens (tertiary/aromatic N) is 1. The molecule has 2 aliphatic rings. The lowest BCUT2D eigenvalue weighted by atomic mass is 9.69. The summed E-state index contributed by atoms with van der Waals surface area (Å²) in [4.78, 5) is 31.5. The number of ether oxygens (including phenoxy) is 3. The molecule has 0 radical (unpaired) electrons. The van der Waals surface area contributed by atoms with Gasteiger partial charge in [-0.15, -0.1) is 0 Å². The van der Waals surface area contributed by atoms with Crippen molar-refractivity contribution in [1.82, 2.24) is 0 Å². The van der Waals surface area contributed by atoms with E-state index in [0.717, 1.165) is 16.8 Å². The van der Waals surface area contributed by atoms with Crippen LogP contribution < -0.4 is 9.47 Å². The summed E-state index contributed by atoms with van der Waals surface area (Å²) in [5.74, 6) is -0.367. The number of Topliss-reactive ketones (excluding diaryl/α,β-unsaturated/α-hetero) is 1. The summed E-state index contributed by atoms with van der Waals surface area (Å²) in [7, 11) is 3.17. The van der Waals surface area contributed by atoms with Crippen molar-refractivity contribution in [2.24, 2.45) is 10.9 Å². The Morgan fingerprint density at radius 1 is 1.06 bits per heavy atom. The Morgan fingerprint density at radius 3 is 2.48 bits per heavy atom. The summed E-state index contributed by atoms with van der Waals surface area (Å²) < 4.78 is 16.5. The number of aliphatic imine (C=N–C) groups is 1. The maximum Gasteiger partial charge on any atom is 0.315 e. The highest BCUT2D eigenvalue weighted by molar-refractivity contribution is 6.09. The predicted molar refractivity (Wildman–Crippen MR) is 126 cm³/mol. The van der Waals surface area contributed by atoms with Gasteiger partial charge in [0.1, 0.15) is 17.4 Å². The van der Waals surface area contributed by atoms with Gasteiger partial charge in [0.05, 0.1) is 20.8 Å². The number of allylic oxidation sites excluding steroid dienone is 2. The zero-order valence-electron chi connectivity index (χ0n) is 19.5. The summed E-state index contributed by atoms with van der Waals surface area (Å²) in [6.45, 7) is 3.86. The van der Waals surface area contributed by atoms with Gasteiger partial charge in [0.2, 0.25) is 0 Å². The number of carbonyl (C=O) groups is 2. The molecule has 6 nitrogen and oxygen atoms in total. The van der Waals surface area contributed by atoms with Crippen LogP contribution in [0.5, 0.6) is 11.5 Å². The first kappa shape index (κ1) is 22.8. The molecule has 0 N–H and O–H groups in total. The molecular weight excluding hydrogens is 418 g/mol. The van der Waals surface area contributed by atoms with Crippen molar-refractivity contribution < 1.29 is 23.8 Å². The van der Waals surface area contributed by atoms with Crippen LogP contribution in [0.1, 0.15) is 49.7 Å². The maximum atomic E-state index is 13.6. The van der Waals surface area contributed by atoms with Gasteiger partial charge in [-0.05, 0) is 49.9 Å². The average molecular weight is 448 g/mol. The second kappa shape index (κ2) is 9.61. The van der Waals surface area contributed by atoms with E-state index in [1.807, 2.05) is 43.3 Å². The third kappa shape index (κ3) is 4.30. The van der Waals surface area contributed by atoms with Crippen molar-refractivity contribution in [3.8, 4) is 11.5 Å². The van der Waals surface area contributed by atoms with E-state index < -0.39 is 17.8 Å². The molecule has 0 saturated heterocycles. The molecule has 1 aliphatic heterocycles. The summed E-state index contributed by atoms with van der Waals surface area (Å²) in [5, 5.41) is 0. The molecule has 1 unspecified atom stereocenters. The Morgan fingerprint density at radius 2 is 1.82 bits per heavy atom. The molecule has 0 amide bonds. The van der Waals surface area contributed by atoms with Crippen LogP contribution in [0.2, 0.25) is 0 Å². The van der Waals surface area contributed by atoms with Gasteiger partial charge in [-0.2, -0.15) is 0 Å². The van der Waals surface area contributed by atoms with Crippen LogP contribution in [0.15, 0.2) is 64.8 Å². The lowest BCUT2D eigenvalue weighted by Crippen LogP contribution is -2.38. The molecule has 2 aromatic carbocycles. The van der Waals surface area contributed by atoms with Gasteiger partial charge in [-0.3, -0.25) is 14.6 Å². The fourth-order valence-corrected chi connectivity index (χ4v) is 4.98. The van der Waals surface area contributed by atoms with Crippen LogP contribution >= 0.6 is 0 Å². The normalized spacial score (nSPS) is 22.4. The number of hydrogen-bond donors (Lipinski definition) is 0. The van der Waals surface area contributed by atoms with Gasteiger partial charge in [-0.1, -0.05) is 30.3 Å². The molecule has 2 aromatic rings. The Balaban J connectivity index is 1.87. The number of methoxy groups -OCH3 is 2. The second-order valence-corrected chi connectivity index (χ2v) is 8.37. The molecule has 0 saturated carbocycles. The van der Waals surface area contributed by atoms with Gasteiger partial charge < -0.3 is 14.2 Å². The third-order valence-electron chi connectivity index (χ3n) is 6.47. The highest BCUT2D eigenvalue weighted by atomic mass is 16.5. The van der Waals surface area contributed by atoms with Crippen LogP contribution in [0.3, 0.4) is 0 Å². The molecular formula is C27H29NO5. The first-order chi connectivity index (χ1) is 16.0. The molecule has 172 valence electrons. The number of carbonyl (C=O) groups excluding carboxylic acids is 2. The minimum Gasteiger partial charge on any atom is -0.497 e. The molecule has 0 fully saturated rings. The fourth-order valence-electron chi connectivity index (χ4n) is 4.98. The summed E-state index contributed by atoms with van der Waals surface area (Å²) in [5.41, 5.74) is 3.81. The Labute approximate surface area is 194 Å². The van der Waals surface area contributed by atoms with E-state index in [0.29, 0.717) is 35.6 Å². The number of benzene rings is 2. The molecule has 0 bridgehead atoms.